The summed E-state index contributed by atoms with van der Waals surface area (Å²) in [6.45, 7) is 3.90. The average molecular weight is 275 g/mol. The van der Waals surface area contributed by atoms with Crippen molar-refractivity contribution in [2.75, 3.05) is 6.61 Å². The van der Waals surface area contributed by atoms with Crippen LogP contribution in [0.5, 0.6) is 0 Å². The Bertz CT molecular complexity index is 731. The van der Waals surface area contributed by atoms with Crippen molar-refractivity contribution in [3.05, 3.63) is 45.2 Å². The van der Waals surface area contributed by atoms with Crippen molar-refractivity contribution in [1.29, 1.82) is 0 Å². The molecule has 0 aliphatic heterocycles. The lowest BCUT2D eigenvalue weighted by molar-refractivity contribution is 0.0695. The Kier molecular flexibility index (Phi) is 3.90. The number of nitrogens with zero attached hydrogens (tertiary/aromatic N) is 1. The molecule has 20 heavy (non-hydrogen) atoms. The molecule has 5 nitrogen and oxygen atoms in total. The second-order valence-electron chi connectivity index (χ2n) is 4.83. The van der Waals surface area contributed by atoms with E-state index in [0.717, 1.165) is 5.39 Å². The van der Waals surface area contributed by atoms with Gasteiger partial charge in [-0.15, -0.1) is 0 Å². The van der Waals surface area contributed by atoms with Crippen LogP contribution in [0.4, 0.5) is 0 Å². The van der Waals surface area contributed by atoms with E-state index in [1.165, 1.54) is 6.07 Å². The number of rotatable bonds is 4. The Morgan fingerprint density at radius 2 is 2.00 bits per heavy atom. The highest BCUT2D eigenvalue weighted by molar-refractivity contribution is 5.98. The first-order valence-corrected chi connectivity index (χ1v) is 6.45. The van der Waals surface area contributed by atoms with Gasteiger partial charge in [-0.25, -0.2) is 4.79 Å². The van der Waals surface area contributed by atoms with Gasteiger partial charge in [-0.3, -0.25) is 4.79 Å². The van der Waals surface area contributed by atoms with Gasteiger partial charge < -0.3 is 14.8 Å². The molecule has 106 valence electrons. The zero-order chi connectivity index (χ0) is 14.9. The number of carbonyl (C=O) groups is 1. The number of hydrogen-bond acceptors (Lipinski definition) is 3. The van der Waals surface area contributed by atoms with E-state index < -0.39 is 5.97 Å². The molecule has 0 fully saturated rings. The van der Waals surface area contributed by atoms with Crippen LogP contribution >= 0.6 is 0 Å². The zero-order valence-corrected chi connectivity index (χ0v) is 11.5. The van der Waals surface area contributed by atoms with E-state index >= 15 is 0 Å². The number of aliphatic hydroxyl groups excluding tert-OH is 1. The minimum absolute atomic E-state index is 0.00794. The number of aliphatic hydroxyl groups is 1. The molecule has 0 aliphatic rings. The molecule has 0 bridgehead atoms. The Hall–Kier alpha value is -2.14. The standard InChI is InChI=1S/C15H17NO4/c1-9-8-12-11(10(2)14(9)15(19)20)4-5-13(18)16(12)6-3-7-17/h4-5,8,17H,3,6-7H2,1-2H3,(H,19,20). The minimum Gasteiger partial charge on any atom is -0.478 e. The van der Waals surface area contributed by atoms with Crippen LogP contribution in [0.2, 0.25) is 0 Å². The SMILES string of the molecule is Cc1cc2c(ccc(=O)n2CCCO)c(C)c1C(=O)O. The molecule has 1 aromatic heterocycles. The molecule has 2 rings (SSSR count). The van der Waals surface area contributed by atoms with Gasteiger partial charge >= 0.3 is 5.97 Å². The molecule has 0 saturated carbocycles. The fraction of sp³-hybridized carbons (Fsp3) is 0.333. The first kappa shape index (κ1) is 14.3. The van der Waals surface area contributed by atoms with E-state index in [0.29, 0.717) is 29.6 Å². The summed E-state index contributed by atoms with van der Waals surface area (Å²) >= 11 is 0. The van der Waals surface area contributed by atoms with Crippen molar-refractivity contribution in [2.24, 2.45) is 0 Å². The first-order chi connectivity index (χ1) is 9.47. The number of carboxylic acids is 1. The lowest BCUT2D eigenvalue weighted by Crippen LogP contribution is -2.20. The van der Waals surface area contributed by atoms with Crippen LogP contribution in [0.15, 0.2) is 23.0 Å². The number of fused-ring (bicyclic) bond motifs is 1. The number of benzene rings is 1. The lowest BCUT2D eigenvalue weighted by Gasteiger charge is -2.14. The molecule has 0 atom stereocenters. The Morgan fingerprint density at radius 3 is 2.60 bits per heavy atom. The predicted molar refractivity (Wildman–Crippen MR) is 76.3 cm³/mol. The highest BCUT2D eigenvalue weighted by Gasteiger charge is 2.15. The molecule has 0 amide bonds. The number of aromatic carboxylic acids is 1. The monoisotopic (exact) mass is 275 g/mol. The molecule has 2 aromatic rings. The highest BCUT2D eigenvalue weighted by atomic mass is 16.4. The second-order valence-corrected chi connectivity index (χ2v) is 4.83. The minimum atomic E-state index is -0.963. The van der Waals surface area contributed by atoms with Crippen molar-refractivity contribution in [3.8, 4) is 0 Å². The van der Waals surface area contributed by atoms with Crippen molar-refractivity contribution in [1.82, 2.24) is 4.57 Å². The van der Waals surface area contributed by atoms with E-state index in [9.17, 15) is 14.7 Å². The average Bonchev–Trinajstić information content (AvgIpc) is 2.37. The number of pyridine rings is 1. The molecular formula is C15H17NO4. The topological polar surface area (TPSA) is 79.5 Å². The fourth-order valence-corrected chi connectivity index (χ4v) is 2.56. The van der Waals surface area contributed by atoms with Crippen LogP contribution in [0.3, 0.4) is 0 Å². The fourth-order valence-electron chi connectivity index (χ4n) is 2.56. The summed E-state index contributed by atoms with van der Waals surface area (Å²) in [4.78, 5) is 23.3. The molecule has 1 aromatic carbocycles. The number of hydrogen-bond donors (Lipinski definition) is 2. The summed E-state index contributed by atoms with van der Waals surface area (Å²) in [5, 5.41) is 18.9. The molecule has 2 N–H and O–H groups in total. The molecule has 0 spiro atoms. The summed E-state index contributed by atoms with van der Waals surface area (Å²) in [6.07, 6.45) is 0.484. The van der Waals surface area contributed by atoms with Gasteiger partial charge in [-0.1, -0.05) is 0 Å². The van der Waals surface area contributed by atoms with E-state index in [1.807, 2.05) is 0 Å². The third-order valence-electron chi connectivity index (χ3n) is 3.51. The lowest BCUT2D eigenvalue weighted by atomic mass is 9.98. The Labute approximate surface area is 116 Å². The summed E-state index contributed by atoms with van der Waals surface area (Å²) in [7, 11) is 0. The predicted octanol–water partition coefficient (Wildman–Crippen LogP) is 1.70. The van der Waals surface area contributed by atoms with Crippen molar-refractivity contribution in [2.45, 2.75) is 26.8 Å². The second kappa shape index (κ2) is 5.46. The van der Waals surface area contributed by atoms with Gasteiger partial charge in [-0.05, 0) is 43.5 Å². The Balaban J connectivity index is 2.80. The van der Waals surface area contributed by atoms with E-state index in [2.05, 4.69) is 0 Å². The maximum absolute atomic E-state index is 11.9. The third-order valence-corrected chi connectivity index (χ3v) is 3.51. The summed E-state index contributed by atoms with van der Waals surface area (Å²) in [5.74, 6) is -0.963. The van der Waals surface area contributed by atoms with E-state index in [-0.39, 0.29) is 17.7 Å². The van der Waals surface area contributed by atoms with Crippen molar-refractivity contribution in [3.63, 3.8) is 0 Å². The van der Waals surface area contributed by atoms with Crippen LogP contribution in [0, 0.1) is 13.8 Å². The molecule has 0 radical (unpaired) electrons. The number of aryl methyl sites for hydroxylation is 3. The van der Waals surface area contributed by atoms with E-state index in [1.54, 1.807) is 30.5 Å². The molecule has 0 unspecified atom stereocenters. The van der Waals surface area contributed by atoms with Gasteiger partial charge in [0.2, 0.25) is 0 Å². The van der Waals surface area contributed by atoms with Gasteiger partial charge in [0.15, 0.2) is 0 Å². The Morgan fingerprint density at radius 1 is 1.30 bits per heavy atom. The van der Waals surface area contributed by atoms with Gasteiger partial charge in [0.25, 0.3) is 5.56 Å². The van der Waals surface area contributed by atoms with E-state index in [4.69, 9.17) is 5.11 Å². The van der Waals surface area contributed by atoms with Crippen LogP contribution in [-0.4, -0.2) is 27.4 Å². The van der Waals surface area contributed by atoms with Crippen LogP contribution in [0.25, 0.3) is 10.9 Å². The molecule has 1 heterocycles. The summed E-state index contributed by atoms with van der Waals surface area (Å²) < 4.78 is 1.58. The van der Waals surface area contributed by atoms with Gasteiger partial charge in [0, 0.05) is 24.6 Å². The van der Waals surface area contributed by atoms with Gasteiger partial charge in [0.05, 0.1) is 11.1 Å². The van der Waals surface area contributed by atoms with Gasteiger partial charge in [0.1, 0.15) is 0 Å². The summed E-state index contributed by atoms with van der Waals surface area (Å²) in [6, 6.07) is 4.83. The maximum Gasteiger partial charge on any atom is 0.336 e. The largest absolute Gasteiger partial charge is 0.478 e. The molecule has 5 heteroatoms. The normalized spacial score (nSPS) is 10.9. The quantitative estimate of drug-likeness (QED) is 0.890. The number of carboxylic acid groups (broad SMARTS) is 1. The van der Waals surface area contributed by atoms with Crippen LogP contribution in [-0.2, 0) is 6.54 Å². The molecular weight excluding hydrogens is 258 g/mol. The highest BCUT2D eigenvalue weighted by Crippen LogP contribution is 2.24. The zero-order valence-electron chi connectivity index (χ0n) is 11.5. The molecule has 0 saturated heterocycles. The van der Waals surface area contributed by atoms with Crippen LogP contribution in [0.1, 0.15) is 27.9 Å². The van der Waals surface area contributed by atoms with Crippen molar-refractivity contribution < 1.29 is 15.0 Å². The first-order valence-electron chi connectivity index (χ1n) is 6.45. The third kappa shape index (κ3) is 2.32. The van der Waals surface area contributed by atoms with Gasteiger partial charge in [-0.2, -0.15) is 0 Å². The maximum atomic E-state index is 11.9. The number of aromatic nitrogens is 1. The van der Waals surface area contributed by atoms with Crippen LogP contribution < -0.4 is 5.56 Å². The molecule has 0 aliphatic carbocycles. The summed E-state index contributed by atoms with van der Waals surface area (Å²) in [5.41, 5.74) is 2.14. The van der Waals surface area contributed by atoms with Crippen molar-refractivity contribution >= 4 is 16.9 Å². The smallest absolute Gasteiger partial charge is 0.336 e.